The number of pyridine rings is 3. The van der Waals surface area contributed by atoms with Crippen molar-refractivity contribution in [3.63, 3.8) is 0 Å². The molecule has 0 aliphatic carbocycles. The number of imidazole rings is 1. The standard InChI is InChI=1S/C23H20N10O3/c24-20(34)16-10-26-11-17-18(16)30-22(29-17)19-15-6-13(8-27-21(15)32-31-19)12-5-14(9-25-7-12)28-23(35)33-1-3-36-4-2-33/h5-11H,1-4H2,(H2,24,34)(H,28,35)(H,29,30)(H,27,31,32). The summed E-state index contributed by atoms with van der Waals surface area (Å²) in [6, 6.07) is 3.55. The molecule has 0 unspecified atom stereocenters. The van der Waals surface area contributed by atoms with Gasteiger partial charge in [-0.2, -0.15) is 5.10 Å². The van der Waals surface area contributed by atoms with Gasteiger partial charge in [0.05, 0.1) is 47.8 Å². The van der Waals surface area contributed by atoms with Crippen LogP contribution in [0.4, 0.5) is 10.5 Å². The minimum absolute atomic E-state index is 0.197. The van der Waals surface area contributed by atoms with Gasteiger partial charge in [0.25, 0.3) is 5.91 Å². The number of primary amides is 1. The van der Waals surface area contributed by atoms with E-state index in [1.165, 1.54) is 6.20 Å². The number of fused-ring (bicyclic) bond motifs is 2. The Labute approximate surface area is 203 Å². The van der Waals surface area contributed by atoms with Crippen molar-refractivity contribution in [3.8, 4) is 22.6 Å². The highest BCUT2D eigenvalue weighted by atomic mass is 16.5. The lowest BCUT2D eigenvalue weighted by atomic mass is 10.1. The second-order valence-corrected chi connectivity index (χ2v) is 8.22. The first-order valence-corrected chi connectivity index (χ1v) is 11.1. The Morgan fingerprint density at radius 3 is 2.67 bits per heavy atom. The Morgan fingerprint density at radius 2 is 1.83 bits per heavy atom. The second kappa shape index (κ2) is 8.70. The SMILES string of the molecule is NC(=O)c1cncc2[nH]c(-c3[nH]nc4ncc(-c5cncc(NC(=O)N6CCOCC6)c5)cc34)nc12. The largest absolute Gasteiger partial charge is 0.378 e. The Kier molecular flexibility index (Phi) is 5.22. The third kappa shape index (κ3) is 3.86. The molecule has 6 rings (SSSR count). The molecule has 13 heteroatoms. The Balaban J connectivity index is 1.34. The number of nitrogens with zero attached hydrogens (tertiary/aromatic N) is 6. The molecule has 36 heavy (non-hydrogen) atoms. The molecule has 5 N–H and O–H groups in total. The summed E-state index contributed by atoms with van der Waals surface area (Å²) in [4.78, 5) is 46.5. The predicted octanol–water partition coefficient (Wildman–Crippen LogP) is 1.92. The lowest BCUT2D eigenvalue weighted by Crippen LogP contribution is -2.43. The monoisotopic (exact) mass is 484 g/mol. The van der Waals surface area contributed by atoms with E-state index in [0.717, 1.165) is 11.1 Å². The summed E-state index contributed by atoms with van der Waals surface area (Å²) in [6.45, 7) is 2.13. The third-order valence-electron chi connectivity index (χ3n) is 5.93. The van der Waals surface area contributed by atoms with Crippen LogP contribution >= 0.6 is 0 Å². The molecule has 0 bridgehead atoms. The van der Waals surface area contributed by atoms with Crippen molar-refractivity contribution in [3.05, 3.63) is 48.7 Å². The molecule has 1 aliphatic heterocycles. The first kappa shape index (κ1) is 21.6. The highest BCUT2D eigenvalue weighted by Crippen LogP contribution is 2.30. The highest BCUT2D eigenvalue weighted by Gasteiger charge is 2.19. The van der Waals surface area contributed by atoms with E-state index < -0.39 is 5.91 Å². The van der Waals surface area contributed by atoms with Gasteiger partial charge in [0.15, 0.2) is 11.5 Å². The number of hydrogen-bond acceptors (Lipinski definition) is 8. The van der Waals surface area contributed by atoms with Crippen molar-refractivity contribution in [2.45, 2.75) is 0 Å². The number of nitrogens with two attached hydrogens (primary N) is 1. The highest BCUT2D eigenvalue weighted by molar-refractivity contribution is 6.04. The van der Waals surface area contributed by atoms with Crippen LogP contribution < -0.4 is 11.1 Å². The van der Waals surface area contributed by atoms with E-state index in [1.54, 1.807) is 29.7 Å². The zero-order valence-corrected chi connectivity index (χ0v) is 18.9. The second-order valence-electron chi connectivity index (χ2n) is 8.22. The molecule has 0 radical (unpaired) electrons. The molecule has 180 valence electrons. The zero-order valence-electron chi connectivity index (χ0n) is 18.9. The van der Waals surface area contributed by atoms with Crippen molar-refractivity contribution in [1.82, 2.24) is 40.0 Å². The maximum absolute atomic E-state index is 12.6. The van der Waals surface area contributed by atoms with Crippen LogP contribution in [0.3, 0.4) is 0 Å². The molecule has 1 aliphatic rings. The number of amides is 3. The van der Waals surface area contributed by atoms with Gasteiger partial charge in [-0.05, 0) is 12.1 Å². The first-order chi connectivity index (χ1) is 17.6. The number of aromatic amines is 2. The number of nitrogens with one attached hydrogen (secondary N) is 3. The van der Waals surface area contributed by atoms with E-state index in [4.69, 9.17) is 10.5 Å². The molecule has 0 aromatic carbocycles. The fraction of sp³-hybridized carbons (Fsp3) is 0.174. The molecule has 13 nitrogen and oxygen atoms in total. The van der Waals surface area contributed by atoms with E-state index in [-0.39, 0.29) is 11.6 Å². The van der Waals surface area contributed by atoms with Gasteiger partial charge < -0.3 is 25.7 Å². The zero-order chi connectivity index (χ0) is 24.6. The van der Waals surface area contributed by atoms with Gasteiger partial charge >= 0.3 is 6.03 Å². The molecule has 1 saturated heterocycles. The molecule has 3 amide bonds. The van der Waals surface area contributed by atoms with Crippen LogP contribution in [0, 0.1) is 0 Å². The van der Waals surface area contributed by atoms with Crippen molar-refractivity contribution in [2.75, 3.05) is 31.6 Å². The number of rotatable bonds is 4. The summed E-state index contributed by atoms with van der Waals surface area (Å²) in [5.74, 6) is -0.149. The van der Waals surface area contributed by atoms with Gasteiger partial charge in [-0.25, -0.2) is 14.8 Å². The molecule has 5 aromatic heterocycles. The summed E-state index contributed by atoms with van der Waals surface area (Å²) in [5.41, 5.74) is 9.87. The lowest BCUT2D eigenvalue weighted by Gasteiger charge is -2.26. The number of urea groups is 1. The van der Waals surface area contributed by atoms with Crippen LogP contribution in [-0.2, 0) is 4.74 Å². The molecule has 0 saturated carbocycles. The maximum atomic E-state index is 12.6. The summed E-state index contributed by atoms with van der Waals surface area (Å²) in [6.07, 6.45) is 7.93. The molecule has 6 heterocycles. The van der Waals surface area contributed by atoms with Gasteiger partial charge in [-0.1, -0.05) is 0 Å². The average Bonchev–Trinajstić information content (AvgIpc) is 3.52. The number of hydrogen-bond donors (Lipinski definition) is 4. The minimum atomic E-state index is -0.613. The Hall–Kier alpha value is -4.91. The average molecular weight is 484 g/mol. The van der Waals surface area contributed by atoms with Crippen molar-refractivity contribution >= 4 is 39.7 Å². The lowest BCUT2D eigenvalue weighted by molar-refractivity contribution is 0.0564. The molecule has 1 fully saturated rings. The Morgan fingerprint density at radius 1 is 1.03 bits per heavy atom. The third-order valence-corrected chi connectivity index (χ3v) is 5.93. The van der Waals surface area contributed by atoms with Gasteiger partial charge in [0.2, 0.25) is 0 Å². The van der Waals surface area contributed by atoms with E-state index >= 15 is 0 Å². The fourth-order valence-corrected chi connectivity index (χ4v) is 4.10. The number of H-pyrrole nitrogens is 2. The van der Waals surface area contributed by atoms with Crippen molar-refractivity contribution < 1.29 is 14.3 Å². The molecule has 0 atom stereocenters. The number of carbonyl (C=O) groups is 2. The van der Waals surface area contributed by atoms with Gasteiger partial charge in [0.1, 0.15) is 11.2 Å². The van der Waals surface area contributed by atoms with Crippen LogP contribution in [0.25, 0.3) is 44.7 Å². The van der Waals surface area contributed by atoms with Gasteiger partial charge in [-0.15, -0.1) is 0 Å². The van der Waals surface area contributed by atoms with E-state index in [1.807, 2.05) is 12.1 Å². The number of morpholine rings is 1. The summed E-state index contributed by atoms with van der Waals surface area (Å²) >= 11 is 0. The van der Waals surface area contributed by atoms with Crippen molar-refractivity contribution in [1.29, 1.82) is 0 Å². The van der Waals surface area contributed by atoms with Crippen LogP contribution in [0.2, 0.25) is 0 Å². The number of carbonyl (C=O) groups excluding carboxylic acids is 2. The summed E-state index contributed by atoms with van der Waals surface area (Å²) < 4.78 is 5.30. The Bertz CT molecular complexity index is 1620. The topological polar surface area (TPSA) is 181 Å². The predicted molar refractivity (Wildman–Crippen MR) is 130 cm³/mol. The fourth-order valence-electron chi connectivity index (χ4n) is 4.10. The number of ether oxygens (including phenoxy) is 1. The quantitative estimate of drug-likeness (QED) is 0.298. The molecule has 0 spiro atoms. The van der Waals surface area contributed by atoms with Crippen LogP contribution in [0.5, 0.6) is 0 Å². The smallest absolute Gasteiger partial charge is 0.322 e. The molecular formula is C23H20N10O3. The minimum Gasteiger partial charge on any atom is -0.378 e. The van der Waals surface area contributed by atoms with E-state index in [0.29, 0.717) is 65.6 Å². The van der Waals surface area contributed by atoms with Crippen molar-refractivity contribution in [2.24, 2.45) is 5.73 Å². The number of anilines is 1. The van der Waals surface area contributed by atoms with Crippen LogP contribution in [0.1, 0.15) is 10.4 Å². The normalized spacial score (nSPS) is 13.8. The van der Waals surface area contributed by atoms with E-state index in [9.17, 15) is 9.59 Å². The van der Waals surface area contributed by atoms with Crippen LogP contribution in [0.15, 0.2) is 43.1 Å². The summed E-state index contributed by atoms with van der Waals surface area (Å²) in [5, 5.41) is 10.8. The van der Waals surface area contributed by atoms with E-state index in [2.05, 4.69) is 40.4 Å². The van der Waals surface area contributed by atoms with Gasteiger partial charge in [-0.3, -0.25) is 19.9 Å². The van der Waals surface area contributed by atoms with Crippen LogP contribution in [-0.4, -0.2) is 78.3 Å². The number of aromatic nitrogens is 7. The van der Waals surface area contributed by atoms with Gasteiger partial charge in [0, 0.05) is 42.8 Å². The maximum Gasteiger partial charge on any atom is 0.322 e. The first-order valence-electron chi connectivity index (χ1n) is 11.1. The summed E-state index contributed by atoms with van der Waals surface area (Å²) in [7, 11) is 0. The molecule has 5 aromatic rings. The molecular weight excluding hydrogens is 464 g/mol.